The molecule has 1 aromatic rings. The lowest BCUT2D eigenvalue weighted by Crippen LogP contribution is -2.41. The number of fused-ring (bicyclic) bond motifs is 1. The zero-order valence-electron chi connectivity index (χ0n) is 11.5. The first-order chi connectivity index (χ1) is 9.86. The number of carbonyl (C=O) groups is 3. The molecule has 2 unspecified atom stereocenters. The van der Waals surface area contributed by atoms with Crippen molar-refractivity contribution in [3.63, 3.8) is 0 Å². The number of carbonyl (C=O) groups excluding carboxylic acids is 3. The van der Waals surface area contributed by atoms with Gasteiger partial charge < -0.3 is 9.84 Å². The maximum Gasteiger partial charge on any atom is 0.313 e. The Morgan fingerprint density at radius 1 is 1.33 bits per heavy atom. The Kier molecular flexibility index (Phi) is 4.04. The molecule has 0 radical (unpaired) electrons. The maximum atomic E-state index is 13.2. The summed E-state index contributed by atoms with van der Waals surface area (Å²) in [5.74, 6) is -3.72. The van der Waals surface area contributed by atoms with E-state index in [9.17, 15) is 23.9 Å². The normalized spacial score (nSPS) is 16.7. The first kappa shape index (κ1) is 15.1. The summed E-state index contributed by atoms with van der Waals surface area (Å²) >= 11 is 0. The molecule has 6 nitrogen and oxygen atoms in total. The number of amides is 2. The highest BCUT2D eigenvalue weighted by Crippen LogP contribution is 2.25. The zero-order valence-corrected chi connectivity index (χ0v) is 11.5. The van der Waals surface area contributed by atoms with Gasteiger partial charge in [0.1, 0.15) is 11.7 Å². The van der Waals surface area contributed by atoms with Crippen LogP contribution < -0.4 is 0 Å². The SMILES string of the molecule is COC(=O)C(CN1C(=O)c2ccc(F)cc2C1=O)C(C)O. The first-order valence-corrected chi connectivity index (χ1v) is 6.28. The smallest absolute Gasteiger partial charge is 0.313 e. The molecule has 0 fully saturated rings. The Morgan fingerprint density at radius 2 is 1.95 bits per heavy atom. The largest absolute Gasteiger partial charge is 0.469 e. The van der Waals surface area contributed by atoms with Crippen molar-refractivity contribution in [3.05, 3.63) is 35.1 Å². The van der Waals surface area contributed by atoms with Crippen LogP contribution in [0.15, 0.2) is 18.2 Å². The van der Waals surface area contributed by atoms with Gasteiger partial charge in [0.2, 0.25) is 0 Å². The van der Waals surface area contributed by atoms with Crippen molar-refractivity contribution in [3.8, 4) is 0 Å². The van der Waals surface area contributed by atoms with Crippen molar-refractivity contribution in [2.45, 2.75) is 13.0 Å². The number of methoxy groups -OCH3 is 1. The van der Waals surface area contributed by atoms with E-state index in [-0.39, 0.29) is 17.7 Å². The molecule has 0 saturated carbocycles. The van der Waals surface area contributed by atoms with Gasteiger partial charge in [-0.3, -0.25) is 19.3 Å². The molecule has 0 aliphatic carbocycles. The molecule has 2 atom stereocenters. The summed E-state index contributed by atoms with van der Waals surface area (Å²) in [5.41, 5.74) is 0.0322. The summed E-state index contributed by atoms with van der Waals surface area (Å²) in [6.45, 7) is 1.04. The fourth-order valence-electron chi connectivity index (χ4n) is 2.20. The number of imide groups is 1. The van der Waals surface area contributed by atoms with Crippen LogP contribution >= 0.6 is 0 Å². The first-order valence-electron chi connectivity index (χ1n) is 6.28. The van der Waals surface area contributed by atoms with Crippen LogP contribution in [0.4, 0.5) is 4.39 Å². The van der Waals surface area contributed by atoms with E-state index in [1.807, 2.05) is 0 Å². The lowest BCUT2D eigenvalue weighted by atomic mass is 10.0. The summed E-state index contributed by atoms with van der Waals surface area (Å²) in [4.78, 5) is 36.7. The van der Waals surface area contributed by atoms with Crippen LogP contribution in [0.2, 0.25) is 0 Å². The van der Waals surface area contributed by atoms with Crippen molar-refractivity contribution in [1.82, 2.24) is 4.90 Å². The van der Waals surface area contributed by atoms with Crippen LogP contribution in [0.25, 0.3) is 0 Å². The maximum absolute atomic E-state index is 13.2. The van der Waals surface area contributed by atoms with Gasteiger partial charge in [-0.2, -0.15) is 0 Å². The second-order valence-electron chi connectivity index (χ2n) is 4.78. The van der Waals surface area contributed by atoms with Crippen LogP contribution in [0.5, 0.6) is 0 Å². The summed E-state index contributed by atoms with van der Waals surface area (Å²) < 4.78 is 17.7. The molecular formula is C14H14FNO5. The van der Waals surface area contributed by atoms with Crippen molar-refractivity contribution < 1.29 is 28.6 Å². The number of ether oxygens (including phenoxy) is 1. The monoisotopic (exact) mass is 295 g/mol. The van der Waals surface area contributed by atoms with Gasteiger partial charge in [0.05, 0.1) is 24.3 Å². The van der Waals surface area contributed by atoms with E-state index in [2.05, 4.69) is 4.74 Å². The van der Waals surface area contributed by atoms with Gasteiger partial charge in [-0.05, 0) is 25.1 Å². The van der Waals surface area contributed by atoms with Crippen LogP contribution in [0, 0.1) is 11.7 Å². The summed E-state index contributed by atoms with van der Waals surface area (Å²) in [6.07, 6.45) is -1.10. The summed E-state index contributed by atoms with van der Waals surface area (Å²) in [6, 6.07) is 3.28. The van der Waals surface area contributed by atoms with Gasteiger partial charge in [0.15, 0.2) is 0 Å². The molecule has 0 aromatic heterocycles. The number of rotatable bonds is 4. The average Bonchev–Trinajstić information content (AvgIpc) is 2.67. The number of hydrogen-bond donors (Lipinski definition) is 1. The van der Waals surface area contributed by atoms with Gasteiger partial charge in [-0.25, -0.2) is 4.39 Å². The Balaban J connectivity index is 2.29. The third-order valence-electron chi connectivity index (χ3n) is 3.40. The minimum absolute atomic E-state index is 0.0470. The highest BCUT2D eigenvalue weighted by molar-refractivity contribution is 6.21. The number of nitrogens with zero attached hydrogens (tertiary/aromatic N) is 1. The van der Waals surface area contributed by atoms with E-state index in [0.29, 0.717) is 0 Å². The predicted octanol–water partition coefficient (Wildman–Crippen LogP) is 0.592. The molecule has 0 bridgehead atoms. The Bertz CT molecular complexity index is 613. The number of hydrogen-bond acceptors (Lipinski definition) is 5. The van der Waals surface area contributed by atoms with E-state index in [4.69, 9.17) is 0 Å². The molecular weight excluding hydrogens is 281 g/mol. The van der Waals surface area contributed by atoms with Crippen LogP contribution in [0.1, 0.15) is 27.6 Å². The van der Waals surface area contributed by atoms with E-state index >= 15 is 0 Å². The van der Waals surface area contributed by atoms with E-state index < -0.39 is 35.6 Å². The standard InChI is InChI=1S/C14H14FNO5/c1-7(17)11(14(20)21-2)6-16-12(18)9-4-3-8(15)5-10(9)13(16)19/h3-5,7,11,17H,6H2,1-2H3. The van der Waals surface area contributed by atoms with E-state index in [0.717, 1.165) is 24.1 Å². The van der Waals surface area contributed by atoms with Crippen LogP contribution in [0.3, 0.4) is 0 Å². The van der Waals surface area contributed by atoms with Crippen molar-refractivity contribution in [1.29, 1.82) is 0 Å². The van der Waals surface area contributed by atoms with Gasteiger partial charge in [0, 0.05) is 6.54 Å². The molecule has 1 aliphatic rings. The lowest BCUT2D eigenvalue weighted by molar-refractivity contribution is -0.149. The van der Waals surface area contributed by atoms with E-state index in [1.54, 1.807) is 0 Å². The van der Waals surface area contributed by atoms with Gasteiger partial charge >= 0.3 is 5.97 Å². The molecule has 112 valence electrons. The van der Waals surface area contributed by atoms with Crippen molar-refractivity contribution in [2.24, 2.45) is 5.92 Å². The summed E-state index contributed by atoms with van der Waals surface area (Å²) in [7, 11) is 1.15. The van der Waals surface area contributed by atoms with E-state index in [1.165, 1.54) is 13.0 Å². The molecule has 1 aliphatic heterocycles. The molecule has 21 heavy (non-hydrogen) atoms. The second-order valence-corrected chi connectivity index (χ2v) is 4.78. The third kappa shape index (κ3) is 2.64. The molecule has 1 aromatic carbocycles. The quantitative estimate of drug-likeness (QED) is 0.649. The van der Waals surface area contributed by atoms with Crippen LogP contribution in [-0.4, -0.2) is 47.5 Å². The highest BCUT2D eigenvalue weighted by atomic mass is 19.1. The zero-order chi connectivity index (χ0) is 15.7. The van der Waals surface area contributed by atoms with Crippen LogP contribution in [-0.2, 0) is 9.53 Å². The minimum atomic E-state index is -1.10. The Morgan fingerprint density at radius 3 is 2.52 bits per heavy atom. The van der Waals surface area contributed by atoms with Crippen molar-refractivity contribution >= 4 is 17.8 Å². The molecule has 2 amide bonds. The van der Waals surface area contributed by atoms with Gasteiger partial charge in [-0.1, -0.05) is 0 Å². The molecule has 7 heteroatoms. The number of aliphatic hydroxyl groups is 1. The topological polar surface area (TPSA) is 83.9 Å². The average molecular weight is 295 g/mol. The highest BCUT2D eigenvalue weighted by Gasteiger charge is 2.39. The number of benzene rings is 1. The lowest BCUT2D eigenvalue weighted by Gasteiger charge is -2.22. The molecule has 2 rings (SSSR count). The Hall–Kier alpha value is -2.28. The number of esters is 1. The van der Waals surface area contributed by atoms with Gasteiger partial charge in [0.25, 0.3) is 11.8 Å². The van der Waals surface area contributed by atoms with Crippen molar-refractivity contribution in [2.75, 3.05) is 13.7 Å². The number of halogens is 1. The second kappa shape index (κ2) is 5.61. The fraction of sp³-hybridized carbons (Fsp3) is 0.357. The third-order valence-corrected chi connectivity index (χ3v) is 3.40. The molecule has 0 saturated heterocycles. The molecule has 1 N–H and O–H groups in total. The fourth-order valence-corrected chi connectivity index (χ4v) is 2.20. The summed E-state index contributed by atoms with van der Waals surface area (Å²) in [5, 5.41) is 9.60. The molecule has 0 spiro atoms. The minimum Gasteiger partial charge on any atom is -0.469 e. The van der Waals surface area contributed by atoms with Gasteiger partial charge in [-0.15, -0.1) is 0 Å². The molecule has 1 heterocycles. The Labute approximate surface area is 120 Å². The number of aliphatic hydroxyl groups excluding tert-OH is 1. The predicted molar refractivity (Wildman–Crippen MR) is 69.0 cm³/mol.